The Balaban J connectivity index is 1.51. The molecule has 4 rings (SSSR count). The summed E-state index contributed by atoms with van der Waals surface area (Å²) in [6, 6.07) is 33.4. The summed E-state index contributed by atoms with van der Waals surface area (Å²) in [5.41, 5.74) is 2.13. The van der Waals surface area contributed by atoms with Crippen molar-refractivity contribution in [1.82, 2.24) is 20.9 Å². The molecule has 0 aliphatic heterocycles. The van der Waals surface area contributed by atoms with E-state index >= 15 is 0 Å². The molecule has 52 heavy (non-hydrogen) atoms. The third-order valence-corrected chi connectivity index (χ3v) is 8.37. The average molecular weight is 710 g/mol. The minimum atomic E-state index is -1.52. The molecule has 0 heterocycles. The number of alkyl carbamates (subject to hydrolysis) is 1. The number of hydrogen-bond donors (Lipinski definition) is 5. The quantitative estimate of drug-likeness (QED) is 0.111. The van der Waals surface area contributed by atoms with Crippen molar-refractivity contribution in [3.8, 4) is 0 Å². The first-order chi connectivity index (χ1) is 24.9. The molecule has 0 saturated carbocycles. The summed E-state index contributed by atoms with van der Waals surface area (Å²) in [6.07, 6.45) is -3.85. The Hall–Kier alpha value is -5.23. The van der Waals surface area contributed by atoms with Gasteiger partial charge < -0.3 is 45.7 Å². The Bertz CT molecular complexity index is 1670. The lowest BCUT2D eigenvalue weighted by atomic mass is 9.98. The predicted octanol–water partition coefficient (Wildman–Crippen LogP) is 3.75. The van der Waals surface area contributed by atoms with E-state index in [1.165, 1.54) is 0 Å². The van der Waals surface area contributed by atoms with Gasteiger partial charge in [0.2, 0.25) is 5.91 Å². The van der Waals surface area contributed by atoms with Gasteiger partial charge in [0.25, 0.3) is 0 Å². The SMILES string of the molecule is CC(C)(C)OC(=O)N[C@@H](Cc1ccccc1)[C@H](O)CNC[C@@H](O)[C@H](Cc1ccccc1)NC(=O)[C@H](c1ccccc1)N(Cc1ccccc1)C(=O)[O-]. The number of amides is 3. The predicted molar refractivity (Wildman–Crippen MR) is 197 cm³/mol. The van der Waals surface area contributed by atoms with Crippen LogP contribution >= 0.6 is 0 Å². The third-order valence-electron chi connectivity index (χ3n) is 8.37. The zero-order chi connectivity index (χ0) is 37.5. The second kappa shape index (κ2) is 19.4. The third kappa shape index (κ3) is 12.8. The Morgan fingerprint density at radius 3 is 1.54 bits per heavy atom. The number of nitrogens with one attached hydrogen (secondary N) is 3. The molecular formula is C41H49N4O7-. The lowest BCUT2D eigenvalue weighted by Crippen LogP contribution is -2.55. The van der Waals surface area contributed by atoms with E-state index in [9.17, 15) is 29.7 Å². The summed E-state index contributed by atoms with van der Waals surface area (Å²) in [5.74, 6) is -0.629. The van der Waals surface area contributed by atoms with Crippen molar-refractivity contribution >= 4 is 18.1 Å². The number of rotatable bonds is 17. The zero-order valence-electron chi connectivity index (χ0n) is 29.9. The maximum Gasteiger partial charge on any atom is 0.407 e. The van der Waals surface area contributed by atoms with Crippen LogP contribution in [0.25, 0.3) is 0 Å². The smallest absolute Gasteiger partial charge is 0.407 e. The topological polar surface area (TPSA) is 163 Å². The molecule has 0 spiro atoms. The number of nitrogens with zero attached hydrogens (tertiary/aromatic N) is 1. The Morgan fingerprint density at radius 1 is 0.673 bits per heavy atom. The summed E-state index contributed by atoms with van der Waals surface area (Å²) >= 11 is 0. The van der Waals surface area contributed by atoms with E-state index in [0.29, 0.717) is 17.5 Å². The molecule has 0 fully saturated rings. The van der Waals surface area contributed by atoms with Crippen LogP contribution in [0.3, 0.4) is 0 Å². The first-order valence-electron chi connectivity index (χ1n) is 17.4. The maximum atomic E-state index is 14.2. The molecule has 0 aliphatic rings. The highest BCUT2D eigenvalue weighted by molar-refractivity contribution is 5.86. The number of hydrogen-bond acceptors (Lipinski definition) is 8. The van der Waals surface area contributed by atoms with Gasteiger partial charge in [-0.1, -0.05) is 121 Å². The van der Waals surface area contributed by atoms with E-state index in [4.69, 9.17) is 4.74 Å². The molecule has 3 amide bonds. The van der Waals surface area contributed by atoms with Gasteiger partial charge >= 0.3 is 6.09 Å². The van der Waals surface area contributed by atoms with Crippen LogP contribution in [0.4, 0.5) is 9.59 Å². The fourth-order valence-corrected chi connectivity index (χ4v) is 5.84. The van der Waals surface area contributed by atoms with Gasteiger partial charge in [-0.05, 0) is 55.9 Å². The number of carboxylic acid groups (broad SMARTS) is 1. The molecule has 4 aromatic carbocycles. The number of carbonyl (C=O) groups excluding carboxylic acids is 3. The minimum Gasteiger partial charge on any atom is -0.530 e. The average Bonchev–Trinajstić information content (AvgIpc) is 3.11. The van der Waals surface area contributed by atoms with Crippen molar-refractivity contribution in [3.63, 3.8) is 0 Å². The van der Waals surface area contributed by atoms with E-state index in [0.717, 1.165) is 16.0 Å². The zero-order valence-corrected chi connectivity index (χ0v) is 29.9. The van der Waals surface area contributed by atoms with Crippen molar-refractivity contribution < 1.29 is 34.4 Å². The number of carbonyl (C=O) groups is 3. The Kier molecular flexibility index (Phi) is 14.8. The highest BCUT2D eigenvalue weighted by Crippen LogP contribution is 2.24. The van der Waals surface area contributed by atoms with Crippen molar-refractivity contribution in [2.45, 2.75) is 76.1 Å². The minimum absolute atomic E-state index is 0.00145. The van der Waals surface area contributed by atoms with Crippen molar-refractivity contribution in [1.29, 1.82) is 0 Å². The van der Waals surface area contributed by atoms with E-state index in [1.54, 1.807) is 75.4 Å². The van der Waals surface area contributed by atoms with Crippen LogP contribution < -0.4 is 21.1 Å². The fourth-order valence-electron chi connectivity index (χ4n) is 5.84. The van der Waals surface area contributed by atoms with Crippen LogP contribution in [0, 0.1) is 0 Å². The van der Waals surface area contributed by atoms with Crippen LogP contribution in [-0.2, 0) is 28.9 Å². The summed E-state index contributed by atoms with van der Waals surface area (Å²) < 4.78 is 5.43. The van der Waals surface area contributed by atoms with Crippen LogP contribution in [0.2, 0.25) is 0 Å². The van der Waals surface area contributed by atoms with Crippen LogP contribution in [0.5, 0.6) is 0 Å². The summed E-state index contributed by atoms with van der Waals surface area (Å²) in [6.45, 7) is 5.13. The molecule has 0 saturated heterocycles. The van der Waals surface area contributed by atoms with Gasteiger partial charge in [-0.2, -0.15) is 0 Å². The maximum absolute atomic E-state index is 14.2. The largest absolute Gasteiger partial charge is 0.530 e. The van der Waals surface area contributed by atoms with Crippen LogP contribution in [-0.4, -0.2) is 76.2 Å². The molecule has 5 atom stereocenters. The van der Waals surface area contributed by atoms with Gasteiger partial charge in [0, 0.05) is 19.6 Å². The number of ether oxygens (including phenoxy) is 1. The lowest BCUT2D eigenvalue weighted by molar-refractivity contribution is -0.269. The monoisotopic (exact) mass is 709 g/mol. The molecule has 0 unspecified atom stereocenters. The number of benzene rings is 4. The first-order valence-corrected chi connectivity index (χ1v) is 17.4. The summed E-state index contributed by atoms with van der Waals surface area (Å²) in [7, 11) is 0. The Morgan fingerprint density at radius 2 is 1.10 bits per heavy atom. The molecular weight excluding hydrogens is 660 g/mol. The molecule has 11 nitrogen and oxygen atoms in total. The number of aliphatic hydroxyl groups excluding tert-OH is 2. The van der Waals surface area contributed by atoms with E-state index in [1.807, 2.05) is 66.7 Å². The molecule has 4 aromatic rings. The van der Waals surface area contributed by atoms with Crippen molar-refractivity contribution in [2.24, 2.45) is 0 Å². The second-order valence-electron chi connectivity index (χ2n) is 13.7. The highest BCUT2D eigenvalue weighted by atomic mass is 16.6. The van der Waals surface area contributed by atoms with Crippen molar-refractivity contribution in [2.75, 3.05) is 13.1 Å². The normalized spacial score (nSPS) is 14.2. The second-order valence-corrected chi connectivity index (χ2v) is 13.7. The van der Waals surface area contributed by atoms with Crippen molar-refractivity contribution in [3.05, 3.63) is 144 Å². The Labute approximate surface area is 305 Å². The lowest BCUT2D eigenvalue weighted by Gasteiger charge is -2.35. The molecule has 0 bridgehead atoms. The molecule has 0 aromatic heterocycles. The van der Waals surface area contributed by atoms with E-state index < -0.39 is 54.0 Å². The molecule has 11 heteroatoms. The molecule has 0 aliphatic carbocycles. The van der Waals surface area contributed by atoms with Crippen LogP contribution in [0.15, 0.2) is 121 Å². The van der Waals surface area contributed by atoms with Crippen LogP contribution in [0.1, 0.15) is 49.1 Å². The summed E-state index contributed by atoms with van der Waals surface area (Å²) in [5, 5.41) is 44.1. The van der Waals surface area contributed by atoms with Gasteiger partial charge in [0.05, 0.1) is 24.3 Å². The van der Waals surface area contributed by atoms with Gasteiger partial charge in [0.1, 0.15) is 17.7 Å². The standard InChI is InChI=1S/C41H50N4O7/c1-41(2,3)52-39(49)44-34(25-30-18-10-5-11-19-30)36(47)27-42-26-35(46)33(24-29-16-8-4-9-17-29)43-38(48)37(32-22-14-7-15-23-32)45(40(50)51)28-31-20-12-6-13-21-31/h4-23,33-37,42,46-47H,24-28H2,1-3H3,(H,43,48)(H,44,49)(H,50,51)/p-1/t33-,34-,35+,36+,37-/m0/s1. The first kappa shape index (κ1) is 39.6. The highest BCUT2D eigenvalue weighted by Gasteiger charge is 2.32. The van der Waals surface area contributed by atoms with Gasteiger partial charge in [-0.3, -0.25) is 4.79 Å². The van der Waals surface area contributed by atoms with E-state index in [2.05, 4.69) is 16.0 Å². The van der Waals surface area contributed by atoms with Gasteiger partial charge in [-0.15, -0.1) is 0 Å². The molecule has 0 radical (unpaired) electrons. The van der Waals surface area contributed by atoms with Gasteiger partial charge in [-0.25, -0.2) is 4.79 Å². The fraction of sp³-hybridized carbons (Fsp3) is 0.341. The number of aliphatic hydroxyl groups is 2. The summed E-state index contributed by atoms with van der Waals surface area (Å²) in [4.78, 5) is 40.4. The van der Waals surface area contributed by atoms with E-state index in [-0.39, 0.29) is 26.1 Å². The molecule has 5 N–H and O–H groups in total. The molecule has 276 valence electrons. The van der Waals surface area contributed by atoms with Gasteiger partial charge in [0.15, 0.2) is 0 Å².